The maximum absolute atomic E-state index is 12.9. The van der Waals surface area contributed by atoms with Crippen LogP contribution in [-0.2, 0) is 6.18 Å². The number of aryl methyl sites for hydroxylation is 2. The summed E-state index contributed by atoms with van der Waals surface area (Å²) >= 11 is 0. The van der Waals surface area contributed by atoms with Gasteiger partial charge in [0.1, 0.15) is 5.75 Å². The molecule has 0 fully saturated rings. The summed E-state index contributed by atoms with van der Waals surface area (Å²) in [4.78, 5) is 11.8. The third-order valence-electron chi connectivity index (χ3n) is 3.80. The second-order valence-corrected chi connectivity index (χ2v) is 5.62. The third kappa shape index (κ3) is 4.65. The molecule has 0 spiro atoms. The summed E-state index contributed by atoms with van der Waals surface area (Å²) in [6.07, 6.45) is -4.55. The molecule has 0 aliphatic heterocycles. The van der Waals surface area contributed by atoms with Crippen LogP contribution in [0.25, 0.3) is 0 Å². The van der Waals surface area contributed by atoms with Crippen LogP contribution in [-0.4, -0.2) is 12.8 Å². The number of ether oxygens (including phenoxy) is 1. The predicted molar refractivity (Wildman–Crippen MR) is 89.7 cm³/mol. The van der Waals surface area contributed by atoms with Crippen LogP contribution in [0.5, 0.6) is 5.75 Å². The van der Waals surface area contributed by atoms with E-state index in [-0.39, 0.29) is 12.4 Å². The normalized spacial score (nSPS) is 11.1. The smallest absolute Gasteiger partial charge is 0.418 e. The number of alkyl halides is 3. The van der Waals surface area contributed by atoms with Crippen molar-refractivity contribution >= 4 is 11.7 Å². The molecule has 0 radical (unpaired) electrons. The third-order valence-corrected chi connectivity index (χ3v) is 3.80. The number of rotatable bonds is 4. The van der Waals surface area contributed by atoms with Crippen molar-refractivity contribution in [3.63, 3.8) is 0 Å². The van der Waals surface area contributed by atoms with E-state index in [1.807, 2.05) is 32.9 Å². The Kier molecular flexibility index (Phi) is 5.56. The van der Waals surface area contributed by atoms with Crippen molar-refractivity contribution in [2.24, 2.45) is 0 Å². The van der Waals surface area contributed by atoms with Gasteiger partial charge in [-0.2, -0.15) is 13.2 Å². The van der Waals surface area contributed by atoms with Gasteiger partial charge >= 0.3 is 12.2 Å². The molecular formula is C18H19F3N2O2. The molecule has 0 saturated heterocycles. The molecule has 0 aliphatic rings. The van der Waals surface area contributed by atoms with Gasteiger partial charge in [0.15, 0.2) is 6.73 Å². The Morgan fingerprint density at radius 2 is 1.68 bits per heavy atom. The first kappa shape index (κ1) is 18.6. The van der Waals surface area contributed by atoms with Crippen LogP contribution in [0.2, 0.25) is 0 Å². The average molecular weight is 352 g/mol. The average Bonchev–Trinajstić information content (AvgIpc) is 2.54. The van der Waals surface area contributed by atoms with Gasteiger partial charge in [0.05, 0.1) is 11.3 Å². The van der Waals surface area contributed by atoms with Crippen LogP contribution >= 0.6 is 0 Å². The van der Waals surface area contributed by atoms with Crippen LogP contribution < -0.4 is 15.4 Å². The number of hydrogen-bond donors (Lipinski definition) is 2. The second-order valence-electron chi connectivity index (χ2n) is 5.62. The fraction of sp³-hybridized carbons (Fsp3) is 0.278. The van der Waals surface area contributed by atoms with Crippen molar-refractivity contribution in [2.45, 2.75) is 26.9 Å². The molecule has 0 heterocycles. The van der Waals surface area contributed by atoms with Gasteiger partial charge in [-0.25, -0.2) is 4.79 Å². The maximum Gasteiger partial charge on any atom is 0.418 e. The molecule has 0 unspecified atom stereocenters. The molecule has 134 valence electrons. The zero-order chi connectivity index (χ0) is 18.6. The van der Waals surface area contributed by atoms with Gasteiger partial charge in [0.25, 0.3) is 0 Å². The molecule has 4 nitrogen and oxygen atoms in total. The molecule has 7 heteroatoms. The molecular weight excluding hydrogens is 333 g/mol. The molecule has 0 aromatic heterocycles. The van der Waals surface area contributed by atoms with Crippen molar-refractivity contribution in [1.82, 2.24) is 5.32 Å². The van der Waals surface area contributed by atoms with Gasteiger partial charge in [-0.3, -0.25) is 0 Å². The first-order valence-electron chi connectivity index (χ1n) is 7.61. The summed E-state index contributed by atoms with van der Waals surface area (Å²) in [5.41, 5.74) is 1.69. The number of carbonyl (C=O) groups is 1. The minimum absolute atomic E-state index is 0.162. The summed E-state index contributed by atoms with van der Waals surface area (Å²) in [5, 5.41) is 4.59. The standard InChI is InChI=1S/C18H19F3N2O2/c1-11-8-9-12(2)16(13(11)3)25-10-22-17(24)23-15-7-5-4-6-14(15)18(19,20)21/h4-9H,10H2,1-3H3,(H2,22,23,24). The van der Waals surface area contributed by atoms with Gasteiger partial charge in [0.2, 0.25) is 0 Å². The predicted octanol–water partition coefficient (Wildman–Crippen LogP) is 4.79. The fourth-order valence-electron chi connectivity index (χ4n) is 2.33. The molecule has 2 aromatic carbocycles. The van der Waals surface area contributed by atoms with Crippen molar-refractivity contribution in [3.05, 3.63) is 58.7 Å². The first-order chi connectivity index (χ1) is 11.7. The zero-order valence-electron chi connectivity index (χ0n) is 14.1. The van der Waals surface area contributed by atoms with Gasteiger partial charge in [0, 0.05) is 0 Å². The van der Waals surface area contributed by atoms with Gasteiger partial charge in [-0.15, -0.1) is 0 Å². The Bertz CT molecular complexity index is 773. The summed E-state index contributed by atoms with van der Waals surface area (Å²) in [6.45, 7) is 5.56. The number of carbonyl (C=O) groups excluding carboxylic acids is 1. The van der Waals surface area contributed by atoms with Crippen molar-refractivity contribution in [3.8, 4) is 5.75 Å². The van der Waals surface area contributed by atoms with Crippen LogP contribution in [0, 0.1) is 20.8 Å². The molecule has 2 amide bonds. The van der Waals surface area contributed by atoms with Crippen molar-refractivity contribution in [1.29, 1.82) is 0 Å². The summed E-state index contributed by atoms with van der Waals surface area (Å²) in [5.74, 6) is 0.649. The van der Waals surface area contributed by atoms with Crippen molar-refractivity contribution in [2.75, 3.05) is 12.0 Å². The van der Waals surface area contributed by atoms with E-state index in [4.69, 9.17) is 4.74 Å². The number of hydrogen-bond acceptors (Lipinski definition) is 2. The van der Waals surface area contributed by atoms with E-state index in [0.29, 0.717) is 5.75 Å². The topological polar surface area (TPSA) is 50.4 Å². The Morgan fingerprint density at radius 3 is 2.36 bits per heavy atom. The highest BCUT2D eigenvalue weighted by molar-refractivity contribution is 5.90. The Morgan fingerprint density at radius 1 is 1.04 bits per heavy atom. The highest BCUT2D eigenvalue weighted by Gasteiger charge is 2.33. The lowest BCUT2D eigenvalue weighted by Crippen LogP contribution is -2.33. The summed E-state index contributed by atoms with van der Waals surface area (Å²) < 4.78 is 44.3. The Balaban J connectivity index is 1.98. The lowest BCUT2D eigenvalue weighted by molar-refractivity contribution is -0.136. The van der Waals surface area contributed by atoms with Crippen LogP contribution in [0.1, 0.15) is 22.3 Å². The largest absolute Gasteiger partial charge is 0.473 e. The van der Waals surface area contributed by atoms with Crippen LogP contribution in [0.3, 0.4) is 0 Å². The Labute approximate surface area is 144 Å². The molecule has 0 saturated carbocycles. The summed E-state index contributed by atoms with van der Waals surface area (Å²) in [7, 11) is 0. The second kappa shape index (κ2) is 7.46. The quantitative estimate of drug-likeness (QED) is 0.778. The summed E-state index contributed by atoms with van der Waals surface area (Å²) in [6, 6.07) is 7.87. The van der Waals surface area contributed by atoms with E-state index < -0.39 is 17.8 Å². The monoisotopic (exact) mass is 352 g/mol. The first-order valence-corrected chi connectivity index (χ1v) is 7.61. The number of halogens is 3. The Hall–Kier alpha value is -2.70. The van der Waals surface area contributed by atoms with E-state index in [1.54, 1.807) is 0 Å². The van der Waals surface area contributed by atoms with Crippen LogP contribution in [0.15, 0.2) is 36.4 Å². The van der Waals surface area contributed by atoms with E-state index in [0.717, 1.165) is 22.8 Å². The number of amides is 2. The minimum Gasteiger partial charge on any atom is -0.473 e. The number of anilines is 1. The lowest BCUT2D eigenvalue weighted by Gasteiger charge is -2.16. The van der Waals surface area contributed by atoms with Gasteiger partial charge in [-0.1, -0.05) is 24.3 Å². The molecule has 0 atom stereocenters. The highest BCUT2D eigenvalue weighted by atomic mass is 19.4. The maximum atomic E-state index is 12.9. The van der Waals surface area contributed by atoms with E-state index >= 15 is 0 Å². The van der Waals surface area contributed by atoms with Crippen LogP contribution in [0.4, 0.5) is 23.7 Å². The van der Waals surface area contributed by atoms with E-state index in [2.05, 4.69) is 10.6 Å². The number of benzene rings is 2. The molecule has 2 N–H and O–H groups in total. The molecule has 25 heavy (non-hydrogen) atoms. The van der Waals surface area contributed by atoms with Crippen molar-refractivity contribution < 1.29 is 22.7 Å². The molecule has 0 aliphatic carbocycles. The van der Waals surface area contributed by atoms with E-state index in [1.165, 1.54) is 18.2 Å². The lowest BCUT2D eigenvalue weighted by atomic mass is 10.1. The fourth-order valence-corrected chi connectivity index (χ4v) is 2.33. The SMILES string of the molecule is Cc1ccc(C)c(OCNC(=O)Nc2ccccc2C(F)(F)F)c1C. The van der Waals surface area contributed by atoms with E-state index in [9.17, 15) is 18.0 Å². The molecule has 2 rings (SSSR count). The van der Waals surface area contributed by atoms with Gasteiger partial charge < -0.3 is 15.4 Å². The number of para-hydroxylation sites is 1. The van der Waals surface area contributed by atoms with Gasteiger partial charge in [-0.05, 0) is 49.6 Å². The molecule has 2 aromatic rings. The molecule has 0 bridgehead atoms. The highest BCUT2D eigenvalue weighted by Crippen LogP contribution is 2.34. The number of urea groups is 1. The minimum atomic E-state index is -4.55. The number of nitrogens with one attached hydrogen (secondary N) is 2. The zero-order valence-corrected chi connectivity index (χ0v) is 14.1.